The molecule has 12 nitrogen and oxygen atoms in total. The van der Waals surface area contributed by atoms with Gasteiger partial charge in [-0.3, -0.25) is 4.79 Å². The molecular weight excluding hydrogens is 563 g/mol. The lowest BCUT2D eigenvalue weighted by Crippen LogP contribution is -2.66. The Balaban J connectivity index is 1.15. The Kier molecular flexibility index (Phi) is 11.3. The number of carbonyl (C=O) groups is 3. The molecule has 2 saturated heterocycles. The number of nitrogens with one attached hydrogen (secondary N) is 4. The normalized spacial score (nSPS) is 32.0. The van der Waals surface area contributed by atoms with E-state index in [1.807, 2.05) is 13.8 Å². The summed E-state index contributed by atoms with van der Waals surface area (Å²) in [4.78, 5) is 36.3. The summed E-state index contributed by atoms with van der Waals surface area (Å²) in [7, 11) is 1.65. The zero-order valence-electron chi connectivity index (χ0n) is 26.0. The molecule has 0 bridgehead atoms. The quantitative estimate of drug-likeness (QED) is 0.0841. The van der Waals surface area contributed by atoms with Crippen LogP contribution in [-0.4, -0.2) is 93.1 Å². The third-order valence-corrected chi connectivity index (χ3v) is 9.15. The van der Waals surface area contributed by atoms with Gasteiger partial charge in [0.2, 0.25) is 5.91 Å². The van der Waals surface area contributed by atoms with Gasteiger partial charge in [0.25, 0.3) is 0 Å². The number of epoxide rings is 2. The zero-order chi connectivity index (χ0) is 31.2. The van der Waals surface area contributed by atoms with Gasteiger partial charge in [0.15, 0.2) is 0 Å². The highest BCUT2D eigenvalue weighted by Gasteiger charge is 2.94. The van der Waals surface area contributed by atoms with Gasteiger partial charge >= 0.3 is 12.2 Å². The first kappa shape index (κ1) is 33.4. The first-order valence-corrected chi connectivity index (χ1v) is 15.6. The van der Waals surface area contributed by atoms with Crippen molar-refractivity contribution in [2.75, 3.05) is 33.4 Å². The summed E-state index contributed by atoms with van der Waals surface area (Å²) in [5.74, 6) is -0.359. The highest BCUT2D eigenvalue weighted by Crippen LogP contribution is 2.77. The van der Waals surface area contributed by atoms with Crippen LogP contribution in [-0.2, 0) is 28.5 Å². The summed E-state index contributed by atoms with van der Waals surface area (Å²) >= 11 is 0. The Hall–Kier alpha value is -2.48. The van der Waals surface area contributed by atoms with Gasteiger partial charge in [-0.15, -0.1) is 10.0 Å². The maximum Gasteiger partial charge on any atom is 0.407 e. The number of carbonyl (C=O) groups excluding carboxylic acids is 3. The topological polar surface area (TPSA) is 152 Å². The number of hydrogen-bond acceptors (Lipinski definition) is 9. The van der Waals surface area contributed by atoms with E-state index in [9.17, 15) is 18.9 Å². The molecule has 43 heavy (non-hydrogen) atoms. The zero-order valence-corrected chi connectivity index (χ0v) is 26.0. The number of unbranched alkanes of at least 4 members (excludes halogenated alkanes) is 3. The largest absolute Gasteiger partial charge is 0.447 e. The summed E-state index contributed by atoms with van der Waals surface area (Å²) in [5.41, 5.74) is 2.00. The Labute approximate surface area is 253 Å². The lowest BCUT2D eigenvalue weighted by atomic mass is 9.55. The number of halogens is 1. The molecule has 2 aliphatic heterocycles. The van der Waals surface area contributed by atoms with Crippen molar-refractivity contribution in [3.05, 3.63) is 11.6 Å². The molecule has 2 spiro atoms. The van der Waals surface area contributed by atoms with Crippen LogP contribution in [0.4, 0.5) is 14.1 Å². The van der Waals surface area contributed by atoms with Crippen LogP contribution in [0.15, 0.2) is 11.6 Å². The first-order chi connectivity index (χ1) is 20.6. The molecule has 0 aromatic heterocycles. The van der Waals surface area contributed by atoms with Crippen molar-refractivity contribution >= 4 is 18.1 Å². The van der Waals surface area contributed by atoms with Gasteiger partial charge in [-0.2, -0.15) is 0 Å². The van der Waals surface area contributed by atoms with Gasteiger partial charge in [-0.05, 0) is 51.9 Å². The van der Waals surface area contributed by atoms with Crippen LogP contribution < -0.4 is 21.5 Å². The molecule has 0 radical (unpaired) electrons. The van der Waals surface area contributed by atoms with E-state index in [0.29, 0.717) is 19.5 Å². The van der Waals surface area contributed by atoms with Crippen LogP contribution >= 0.6 is 0 Å². The van der Waals surface area contributed by atoms with E-state index >= 15 is 0 Å². The number of allylic oxidation sites excluding steroid dienone is 1. The molecule has 3 amide bonds. The maximum absolute atomic E-state index is 13.0. The van der Waals surface area contributed by atoms with E-state index in [1.165, 1.54) is 11.1 Å². The lowest BCUT2D eigenvalue weighted by molar-refractivity contribution is -0.133. The second-order valence-corrected chi connectivity index (χ2v) is 12.7. The molecule has 4 N–H and O–H groups in total. The molecule has 5 unspecified atom stereocenters. The summed E-state index contributed by atoms with van der Waals surface area (Å²) in [6, 6.07) is -0.427. The van der Waals surface area contributed by atoms with Crippen molar-refractivity contribution < 1.29 is 42.5 Å². The van der Waals surface area contributed by atoms with Gasteiger partial charge in [-0.1, -0.05) is 38.3 Å². The number of rotatable bonds is 17. The summed E-state index contributed by atoms with van der Waals surface area (Å²) in [6.45, 7) is 8.62. The van der Waals surface area contributed by atoms with Crippen molar-refractivity contribution in [3.8, 4) is 0 Å². The van der Waals surface area contributed by atoms with Crippen LogP contribution in [0.25, 0.3) is 0 Å². The molecule has 244 valence electrons. The molecule has 2 saturated carbocycles. The fraction of sp³-hybridized carbons (Fsp3) is 0.833. The van der Waals surface area contributed by atoms with Crippen molar-refractivity contribution in [1.29, 1.82) is 0 Å². The van der Waals surface area contributed by atoms with E-state index in [-0.39, 0.29) is 60.4 Å². The second kappa shape index (κ2) is 14.5. The van der Waals surface area contributed by atoms with E-state index in [1.54, 1.807) is 7.11 Å². The molecule has 4 fully saturated rings. The van der Waals surface area contributed by atoms with Crippen LogP contribution in [0.3, 0.4) is 0 Å². The number of amides is 3. The van der Waals surface area contributed by atoms with Gasteiger partial charge in [0.1, 0.15) is 42.7 Å². The first-order valence-electron chi connectivity index (χ1n) is 15.6. The predicted octanol–water partition coefficient (Wildman–Crippen LogP) is 3.05. The molecule has 2 heterocycles. The number of hydrogen-bond donors (Lipinski definition) is 4. The Morgan fingerprint density at radius 1 is 1.05 bits per heavy atom. The lowest BCUT2D eigenvalue weighted by Gasteiger charge is -2.48. The van der Waals surface area contributed by atoms with Gasteiger partial charge in [0, 0.05) is 20.2 Å². The Morgan fingerprint density at radius 2 is 1.77 bits per heavy atom. The smallest absolute Gasteiger partial charge is 0.407 e. The highest BCUT2D eigenvalue weighted by molar-refractivity contribution is 5.77. The minimum atomic E-state index is -0.567. The monoisotopic (exact) mass is 612 g/mol. The van der Waals surface area contributed by atoms with Crippen LogP contribution in [0, 0.1) is 11.8 Å². The predicted molar refractivity (Wildman–Crippen MR) is 155 cm³/mol. The van der Waals surface area contributed by atoms with E-state index in [0.717, 1.165) is 38.5 Å². The summed E-state index contributed by atoms with van der Waals surface area (Å²) < 4.78 is 41.4. The van der Waals surface area contributed by atoms with Crippen molar-refractivity contribution in [2.45, 2.75) is 114 Å². The van der Waals surface area contributed by atoms with Crippen LogP contribution in [0.5, 0.6) is 0 Å². The van der Waals surface area contributed by atoms with Gasteiger partial charge < -0.3 is 39.6 Å². The third kappa shape index (κ3) is 7.61. The standard InChI is InChI=1S/C30H49FN4O8/c1-18(2)10-11-22-30(42-22)25-24(39-5)21(12-13-29(25)26(30)43-29)41-28(38)35-20(19(3)4)17-40-27(37)33-15-9-7-6-8-14-32-23(36)16-34-31/h10,19-22,24-26,34H,6-9,11-17H2,1-5H3,(H,32,36)(H,33,37)(H,35,38)/t20-,21?,22+,24?,25?,26?,29+,30?/m0/s1. The molecule has 13 heteroatoms. The molecular formula is C30H49FN4O8. The minimum Gasteiger partial charge on any atom is -0.447 e. The second-order valence-electron chi connectivity index (χ2n) is 12.7. The Bertz CT molecular complexity index is 1030. The number of ether oxygens (including phenoxy) is 5. The molecule has 4 aliphatic rings. The number of alkyl carbamates (subject to hydrolysis) is 2. The van der Waals surface area contributed by atoms with Crippen LogP contribution in [0.1, 0.15) is 72.6 Å². The van der Waals surface area contributed by atoms with Crippen molar-refractivity contribution in [1.82, 2.24) is 21.5 Å². The molecule has 4 rings (SSSR count). The SMILES string of the molecule is COC1C(OC(=O)N[C@@H](COC(=O)NCCCCCCNC(=O)CNF)C(C)C)CC[C@]23OC2C2(O[C@@H]2CC=C(C)C)C13. The third-order valence-electron chi connectivity index (χ3n) is 9.15. The van der Waals surface area contributed by atoms with E-state index in [2.05, 4.69) is 35.9 Å². The van der Waals surface area contributed by atoms with Crippen LogP contribution in [0.2, 0.25) is 0 Å². The van der Waals surface area contributed by atoms with Crippen molar-refractivity contribution in [2.24, 2.45) is 11.8 Å². The van der Waals surface area contributed by atoms with E-state index < -0.39 is 24.3 Å². The fourth-order valence-electron chi connectivity index (χ4n) is 6.76. The molecule has 2 aliphatic carbocycles. The molecule has 8 atom stereocenters. The molecule has 0 aromatic carbocycles. The van der Waals surface area contributed by atoms with E-state index in [4.69, 9.17) is 23.7 Å². The number of methoxy groups -OCH3 is 1. The fourth-order valence-corrected chi connectivity index (χ4v) is 6.76. The number of fused-ring (bicyclic) bond motifs is 2. The maximum atomic E-state index is 13.0. The minimum absolute atomic E-state index is 0.000552. The average Bonchev–Trinajstić information content (AvgIpc) is 3.85. The van der Waals surface area contributed by atoms with Crippen molar-refractivity contribution in [3.63, 3.8) is 0 Å². The Morgan fingerprint density at radius 3 is 2.42 bits per heavy atom. The summed E-state index contributed by atoms with van der Waals surface area (Å²) in [5, 5.41) is 8.20. The molecule has 0 aromatic rings. The summed E-state index contributed by atoms with van der Waals surface area (Å²) in [6.07, 6.45) is 6.04. The van der Waals surface area contributed by atoms with Gasteiger partial charge in [0.05, 0.1) is 18.1 Å². The average molecular weight is 613 g/mol. The van der Waals surface area contributed by atoms with Gasteiger partial charge in [-0.25, -0.2) is 9.59 Å². The highest BCUT2D eigenvalue weighted by atomic mass is 19.2.